The fourth-order valence-corrected chi connectivity index (χ4v) is 3.74. The molecule has 1 atom stereocenters. The van der Waals surface area contributed by atoms with Crippen molar-refractivity contribution in [1.82, 2.24) is 5.01 Å². The maximum absolute atomic E-state index is 13.1. The Morgan fingerprint density at radius 3 is 2.18 bits per heavy atom. The van der Waals surface area contributed by atoms with E-state index in [0.717, 1.165) is 11.1 Å². The lowest BCUT2D eigenvalue weighted by Gasteiger charge is -2.24. The highest BCUT2D eigenvalue weighted by molar-refractivity contribution is 6.04. The molecular weight excluding hydrogens is 428 g/mol. The number of carboxylic acid groups (broad SMARTS) is 1. The number of ether oxygens (including phenoxy) is 4. The largest absolute Gasteiger partial charge is 0.497 e. The van der Waals surface area contributed by atoms with E-state index in [4.69, 9.17) is 24.1 Å². The van der Waals surface area contributed by atoms with Crippen LogP contribution in [0.1, 0.15) is 42.9 Å². The highest BCUT2D eigenvalue weighted by Crippen LogP contribution is 2.40. The minimum atomic E-state index is -0.942. The summed E-state index contributed by atoms with van der Waals surface area (Å²) in [5, 5.41) is 15.0. The number of carbonyl (C=O) groups excluding carboxylic acids is 1. The second-order valence-corrected chi connectivity index (χ2v) is 7.46. The van der Waals surface area contributed by atoms with Gasteiger partial charge in [0.2, 0.25) is 5.91 Å². The highest BCUT2D eigenvalue weighted by atomic mass is 16.5. The van der Waals surface area contributed by atoms with Crippen LogP contribution in [0.15, 0.2) is 41.5 Å². The van der Waals surface area contributed by atoms with Crippen LogP contribution in [0.5, 0.6) is 23.0 Å². The molecule has 0 saturated carbocycles. The zero-order valence-electron chi connectivity index (χ0n) is 19.2. The Morgan fingerprint density at radius 2 is 1.61 bits per heavy atom. The Kier molecular flexibility index (Phi) is 7.76. The van der Waals surface area contributed by atoms with Crippen molar-refractivity contribution in [3.8, 4) is 23.0 Å². The molecule has 0 aliphatic carbocycles. The topological polar surface area (TPSA) is 107 Å². The summed E-state index contributed by atoms with van der Waals surface area (Å²) in [4.78, 5) is 24.0. The van der Waals surface area contributed by atoms with E-state index in [1.807, 2.05) is 18.2 Å². The lowest BCUT2D eigenvalue weighted by atomic mass is 9.97. The molecule has 9 nitrogen and oxygen atoms in total. The molecular formula is C24H28N2O7. The van der Waals surface area contributed by atoms with Crippen LogP contribution < -0.4 is 18.9 Å². The first kappa shape index (κ1) is 23.9. The normalized spacial score (nSPS) is 15.1. The number of carbonyl (C=O) groups is 2. The lowest BCUT2D eigenvalue weighted by Crippen LogP contribution is -2.27. The highest BCUT2D eigenvalue weighted by Gasteiger charge is 2.35. The fraction of sp³-hybridized carbons (Fsp3) is 0.375. The van der Waals surface area contributed by atoms with E-state index < -0.39 is 12.0 Å². The number of amides is 1. The van der Waals surface area contributed by atoms with Gasteiger partial charge in [0.25, 0.3) is 0 Å². The van der Waals surface area contributed by atoms with E-state index in [-0.39, 0.29) is 25.2 Å². The van der Waals surface area contributed by atoms with Crippen molar-refractivity contribution in [2.75, 3.05) is 28.4 Å². The summed E-state index contributed by atoms with van der Waals surface area (Å²) in [7, 11) is 6.27. The molecule has 0 spiro atoms. The Balaban J connectivity index is 2.01. The Morgan fingerprint density at radius 1 is 0.939 bits per heavy atom. The number of hydrogen-bond acceptors (Lipinski definition) is 7. The number of hydrogen-bond donors (Lipinski definition) is 1. The number of aliphatic carboxylic acids is 1. The molecule has 0 radical (unpaired) electrons. The van der Waals surface area contributed by atoms with Crippen molar-refractivity contribution in [2.24, 2.45) is 5.10 Å². The van der Waals surface area contributed by atoms with Gasteiger partial charge >= 0.3 is 5.97 Å². The van der Waals surface area contributed by atoms with Crippen LogP contribution in [0.25, 0.3) is 0 Å². The van der Waals surface area contributed by atoms with E-state index >= 15 is 0 Å². The monoisotopic (exact) mass is 456 g/mol. The van der Waals surface area contributed by atoms with Crippen molar-refractivity contribution >= 4 is 17.6 Å². The Hall–Kier alpha value is -3.75. The summed E-state index contributed by atoms with van der Waals surface area (Å²) >= 11 is 0. The van der Waals surface area contributed by atoms with E-state index in [0.29, 0.717) is 35.1 Å². The van der Waals surface area contributed by atoms with Crippen molar-refractivity contribution in [3.63, 3.8) is 0 Å². The van der Waals surface area contributed by atoms with Crippen LogP contribution in [0.2, 0.25) is 0 Å². The first-order valence-corrected chi connectivity index (χ1v) is 10.5. The molecule has 0 aromatic heterocycles. The number of rotatable bonds is 10. The van der Waals surface area contributed by atoms with Gasteiger partial charge in [0.05, 0.1) is 40.2 Å². The number of nitrogens with zero attached hydrogens (tertiary/aromatic N) is 2. The molecule has 0 bridgehead atoms. The second kappa shape index (κ2) is 10.7. The summed E-state index contributed by atoms with van der Waals surface area (Å²) in [6, 6.07) is 10.4. The minimum absolute atomic E-state index is 0.0628. The maximum atomic E-state index is 13.1. The molecule has 0 fully saturated rings. The lowest BCUT2D eigenvalue weighted by molar-refractivity contribution is -0.137. The van der Waals surface area contributed by atoms with Crippen LogP contribution in [0.3, 0.4) is 0 Å². The molecule has 3 rings (SSSR count). The number of benzene rings is 2. The third-order valence-electron chi connectivity index (χ3n) is 5.43. The minimum Gasteiger partial charge on any atom is -0.497 e. The van der Waals surface area contributed by atoms with E-state index in [9.17, 15) is 9.59 Å². The van der Waals surface area contributed by atoms with Gasteiger partial charge in [-0.2, -0.15) is 5.10 Å². The zero-order valence-corrected chi connectivity index (χ0v) is 19.2. The average molecular weight is 456 g/mol. The first-order valence-electron chi connectivity index (χ1n) is 10.5. The van der Waals surface area contributed by atoms with Gasteiger partial charge in [-0.3, -0.25) is 9.59 Å². The van der Waals surface area contributed by atoms with Gasteiger partial charge in [0.1, 0.15) is 23.0 Å². The molecule has 0 saturated heterocycles. The van der Waals surface area contributed by atoms with Gasteiger partial charge in [-0.15, -0.1) is 0 Å². The van der Waals surface area contributed by atoms with Gasteiger partial charge in [0.15, 0.2) is 0 Å². The summed E-state index contributed by atoms with van der Waals surface area (Å²) in [5.41, 5.74) is 2.18. The fourth-order valence-electron chi connectivity index (χ4n) is 3.74. The third-order valence-corrected chi connectivity index (χ3v) is 5.43. The van der Waals surface area contributed by atoms with Crippen LogP contribution in [0, 0.1) is 0 Å². The van der Waals surface area contributed by atoms with Crippen LogP contribution >= 0.6 is 0 Å². The summed E-state index contributed by atoms with van der Waals surface area (Å²) in [6.07, 6.45) is 0.624. The molecule has 176 valence electrons. The number of methoxy groups -OCH3 is 4. The molecule has 1 aliphatic heterocycles. The Labute approximate surface area is 192 Å². The maximum Gasteiger partial charge on any atom is 0.303 e. The van der Waals surface area contributed by atoms with Crippen LogP contribution in [-0.4, -0.2) is 56.1 Å². The SMILES string of the molecule is COc1cc(OC)cc(C2=NN(C(=O)CCCC(=O)O)[C@@H](c3cc(OC)ccc3OC)C2)c1. The molecule has 1 heterocycles. The van der Waals surface area contributed by atoms with E-state index in [1.54, 1.807) is 46.6 Å². The average Bonchev–Trinajstić information content (AvgIpc) is 3.28. The van der Waals surface area contributed by atoms with Crippen molar-refractivity contribution in [3.05, 3.63) is 47.5 Å². The molecule has 1 aliphatic rings. The molecule has 1 N–H and O–H groups in total. The molecule has 1 amide bonds. The van der Waals surface area contributed by atoms with Crippen molar-refractivity contribution in [2.45, 2.75) is 31.7 Å². The summed E-state index contributed by atoms with van der Waals surface area (Å²) in [5.74, 6) is 1.23. The Bertz CT molecular complexity index is 1030. The summed E-state index contributed by atoms with van der Waals surface area (Å²) < 4.78 is 21.7. The van der Waals surface area contributed by atoms with Crippen molar-refractivity contribution in [1.29, 1.82) is 0 Å². The van der Waals surface area contributed by atoms with E-state index in [2.05, 4.69) is 5.10 Å². The molecule has 33 heavy (non-hydrogen) atoms. The molecule has 9 heteroatoms. The van der Waals surface area contributed by atoms with Crippen molar-refractivity contribution < 1.29 is 33.6 Å². The zero-order chi connectivity index (χ0) is 24.0. The number of carboxylic acids is 1. The van der Waals surface area contributed by atoms with Gasteiger partial charge in [-0.25, -0.2) is 5.01 Å². The smallest absolute Gasteiger partial charge is 0.303 e. The van der Waals surface area contributed by atoms with Gasteiger partial charge in [0, 0.05) is 36.5 Å². The second-order valence-electron chi connectivity index (χ2n) is 7.46. The molecule has 0 unspecified atom stereocenters. The first-order chi connectivity index (χ1) is 15.9. The van der Waals surface area contributed by atoms with Gasteiger partial charge < -0.3 is 24.1 Å². The number of hydrazone groups is 1. The van der Waals surface area contributed by atoms with Gasteiger partial charge in [-0.1, -0.05) is 0 Å². The third kappa shape index (κ3) is 5.54. The van der Waals surface area contributed by atoms with Gasteiger partial charge in [-0.05, 0) is 36.8 Å². The summed E-state index contributed by atoms with van der Waals surface area (Å²) in [6.45, 7) is 0. The predicted octanol–water partition coefficient (Wildman–Crippen LogP) is 3.65. The quantitative estimate of drug-likeness (QED) is 0.581. The predicted molar refractivity (Wildman–Crippen MR) is 121 cm³/mol. The standard InChI is InChI=1S/C24H28N2O7/c1-30-16-8-9-22(33-4)19(13-16)21-14-20(15-10-17(31-2)12-18(11-15)32-3)25-26(21)23(27)6-5-7-24(28)29/h8-13,21H,5-7,14H2,1-4H3,(H,28,29)/t21-/m1/s1. The van der Waals surface area contributed by atoms with Crippen LogP contribution in [-0.2, 0) is 9.59 Å². The van der Waals surface area contributed by atoms with Crippen LogP contribution in [0.4, 0.5) is 0 Å². The van der Waals surface area contributed by atoms with E-state index in [1.165, 1.54) is 5.01 Å². The molecule has 2 aromatic rings. The molecule has 2 aromatic carbocycles.